The van der Waals surface area contributed by atoms with E-state index in [9.17, 15) is 0 Å². The van der Waals surface area contributed by atoms with Gasteiger partial charge in [0.15, 0.2) is 6.20 Å². The molecule has 0 bridgehead atoms. The van der Waals surface area contributed by atoms with Crippen molar-refractivity contribution in [1.82, 2.24) is 4.98 Å². The van der Waals surface area contributed by atoms with Crippen LogP contribution in [-0.2, 0) is 13.4 Å². The zero-order chi connectivity index (χ0) is 19.8. The van der Waals surface area contributed by atoms with E-state index in [2.05, 4.69) is 4.98 Å². The van der Waals surface area contributed by atoms with Crippen molar-refractivity contribution in [2.45, 2.75) is 20.1 Å². The Hall–Kier alpha value is -2.48. The minimum Gasteiger partial charge on any atom is -0.253 e. The maximum atomic E-state index is 7.95. The minimum absolute atomic E-state index is 0.0920. The van der Waals surface area contributed by atoms with E-state index in [1.165, 1.54) is 6.07 Å². The number of benzene rings is 1. The fourth-order valence-corrected chi connectivity index (χ4v) is 2.52. The van der Waals surface area contributed by atoms with E-state index in [0.717, 1.165) is 22.4 Å². The molecule has 3 aromatic rings. The molecule has 0 atom stereocenters. The van der Waals surface area contributed by atoms with E-state index < -0.39 is 13.2 Å². The van der Waals surface area contributed by atoms with Crippen LogP contribution in [0, 0.1) is 6.92 Å². The second kappa shape index (κ2) is 6.10. The molecule has 2 aromatic heterocycles. The second-order valence-corrected chi connectivity index (χ2v) is 5.26. The van der Waals surface area contributed by atoms with Gasteiger partial charge in [-0.1, -0.05) is 31.1 Å². The molecule has 0 amide bonds. The molecule has 0 aliphatic heterocycles. The van der Waals surface area contributed by atoms with Gasteiger partial charge in [0, 0.05) is 35.8 Å². The average molecular weight is 294 g/mol. The number of pyridine rings is 2. The van der Waals surface area contributed by atoms with Gasteiger partial charge in [-0.3, -0.25) is 4.98 Å². The Morgan fingerprint density at radius 3 is 2.82 bits per heavy atom. The molecule has 0 N–H and O–H groups in total. The molecule has 110 valence electrons. The van der Waals surface area contributed by atoms with E-state index in [0.29, 0.717) is 5.69 Å². The maximum absolute atomic E-state index is 7.95. The molecular formula is C20H21N2+. The van der Waals surface area contributed by atoms with Gasteiger partial charge < -0.3 is 0 Å². The van der Waals surface area contributed by atoms with Crippen LogP contribution in [0.2, 0.25) is 0 Å². The lowest BCUT2D eigenvalue weighted by atomic mass is 10.0. The van der Waals surface area contributed by atoms with Crippen LogP contribution in [0.15, 0.2) is 60.8 Å². The largest absolute Gasteiger partial charge is 0.253 e. The number of hydrogen-bond donors (Lipinski definition) is 0. The standard InChI is InChI=1S/C20H21N2/c1-4-17-9-7-11-19(21-17)16-12-13-22(3)20(14-16)18-10-6-5-8-15(18)2/h5-14H,4H2,1-3H3/q+1/i1D3,4D2. The smallest absolute Gasteiger partial charge is 0.213 e. The zero-order valence-electron chi connectivity index (χ0n) is 17.7. The summed E-state index contributed by atoms with van der Waals surface area (Å²) in [7, 11) is 1.96. The van der Waals surface area contributed by atoms with Gasteiger partial charge in [0.25, 0.3) is 0 Å². The molecule has 1 aromatic carbocycles. The highest BCUT2D eigenvalue weighted by Crippen LogP contribution is 2.24. The summed E-state index contributed by atoms with van der Waals surface area (Å²) in [5.74, 6) is 0. The topological polar surface area (TPSA) is 16.8 Å². The summed E-state index contributed by atoms with van der Waals surface area (Å²) in [4.78, 5) is 4.32. The molecule has 22 heavy (non-hydrogen) atoms. The highest BCUT2D eigenvalue weighted by Gasteiger charge is 2.14. The average Bonchev–Trinajstić information content (AvgIpc) is 2.62. The first-order valence-electron chi connectivity index (χ1n) is 9.65. The second-order valence-electron chi connectivity index (χ2n) is 5.26. The molecule has 3 rings (SSSR count). The highest BCUT2D eigenvalue weighted by molar-refractivity contribution is 5.68. The molecule has 0 radical (unpaired) electrons. The number of rotatable bonds is 3. The zero-order valence-corrected chi connectivity index (χ0v) is 12.7. The van der Waals surface area contributed by atoms with Crippen molar-refractivity contribution in [3.63, 3.8) is 0 Å². The number of aromatic nitrogens is 2. The number of aryl methyl sites for hydroxylation is 3. The number of hydrogen-bond acceptors (Lipinski definition) is 1. The molecule has 0 saturated heterocycles. The lowest BCUT2D eigenvalue weighted by molar-refractivity contribution is -0.660. The van der Waals surface area contributed by atoms with E-state index in [-0.39, 0.29) is 5.69 Å². The van der Waals surface area contributed by atoms with E-state index in [4.69, 9.17) is 6.85 Å². The van der Waals surface area contributed by atoms with Crippen LogP contribution in [-0.4, -0.2) is 4.98 Å². The molecule has 0 fully saturated rings. The van der Waals surface area contributed by atoms with Crippen LogP contribution in [0.5, 0.6) is 0 Å². The van der Waals surface area contributed by atoms with E-state index >= 15 is 0 Å². The normalized spacial score (nSPS) is 15.3. The van der Waals surface area contributed by atoms with Crippen molar-refractivity contribution in [3.8, 4) is 22.5 Å². The van der Waals surface area contributed by atoms with Gasteiger partial charge in [-0.15, -0.1) is 0 Å². The summed E-state index contributed by atoms with van der Waals surface area (Å²) in [6, 6.07) is 16.8. The van der Waals surface area contributed by atoms with Crippen LogP contribution < -0.4 is 4.57 Å². The van der Waals surface area contributed by atoms with Gasteiger partial charge in [0.05, 0.1) is 5.69 Å². The first-order chi connectivity index (χ1) is 12.6. The van der Waals surface area contributed by atoms with Crippen molar-refractivity contribution in [2.75, 3.05) is 0 Å². The predicted molar refractivity (Wildman–Crippen MR) is 90.4 cm³/mol. The van der Waals surface area contributed by atoms with Crippen molar-refractivity contribution >= 4 is 0 Å². The van der Waals surface area contributed by atoms with Gasteiger partial charge in [-0.25, -0.2) is 4.57 Å². The Morgan fingerprint density at radius 2 is 2.00 bits per heavy atom. The summed E-state index contributed by atoms with van der Waals surface area (Å²) in [5.41, 5.74) is 4.48. The van der Waals surface area contributed by atoms with Gasteiger partial charge in [-0.2, -0.15) is 0 Å². The van der Waals surface area contributed by atoms with Crippen molar-refractivity contribution < 1.29 is 11.4 Å². The van der Waals surface area contributed by atoms with Crippen LogP contribution in [0.4, 0.5) is 0 Å². The van der Waals surface area contributed by atoms with Gasteiger partial charge in [-0.05, 0) is 37.1 Å². The molecule has 2 heteroatoms. The molecule has 0 saturated carbocycles. The van der Waals surface area contributed by atoms with E-state index in [1.807, 2.05) is 61.1 Å². The third kappa shape index (κ3) is 2.77. The molecular weight excluding hydrogens is 268 g/mol. The maximum Gasteiger partial charge on any atom is 0.213 e. The van der Waals surface area contributed by atoms with Gasteiger partial charge in [0.2, 0.25) is 5.69 Å². The Labute approximate surface area is 139 Å². The summed E-state index contributed by atoms with van der Waals surface area (Å²) in [5, 5.41) is 0. The quantitative estimate of drug-likeness (QED) is 0.664. The van der Waals surface area contributed by atoms with Crippen LogP contribution >= 0.6 is 0 Å². The highest BCUT2D eigenvalue weighted by atomic mass is 14.9. The van der Waals surface area contributed by atoms with Crippen molar-refractivity contribution in [1.29, 1.82) is 0 Å². The Bertz CT molecular complexity index is 980. The molecule has 0 aliphatic rings. The summed E-state index contributed by atoms with van der Waals surface area (Å²) in [6.07, 6.45) is -0.592. The lowest BCUT2D eigenvalue weighted by Crippen LogP contribution is -2.30. The predicted octanol–water partition coefficient (Wildman–Crippen LogP) is 4.11. The summed E-state index contributed by atoms with van der Waals surface area (Å²) >= 11 is 0. The number of nitrogens with zero attached hydrogens (tertiary/aromatic N) is 2. The summed E-state index contributed by atoms with van der Waals surface area (Å²) in [6.45, 7) is -0.736. The van der Waals surface area contributed by atoms with Crippen LogP contribution in [0.3, 0.4) is 0 Å². The molecule has 2 nitrogen and oxygen atoms in total. The first-order valence-corrected chi connectivity index (χ1v) is 7.15. The fraction of sp³-hybridized carbons (Fsp3) is 0.200. The van der Waals surface area contributed by atoms with Crippen LogP contribution in [0.1, 0.15) is 25.0 Å². The third-order valence-electron chi connectivity index (χ3n) is 3.74. The Balaban J connectivity index is 2.10. The first kappa shape index (κ1) is 9.52. The van der Waals surface area contributed by atoms with Gasteiger partial charge >= 0.3 is 0 Å². The van der Waals surface area contributed by atoms with E-state index in [1.54, 1.807) is 12.1 Å². The molecule has 0 spiro atoms. The van der Waals surface area contributed by atoms with Crippen LogP contribution in [0.25, 0.3) is 22.5 Å². The van der Waals surface area contributed by atoms with Crippen molar-refractivity contribution in [3.05, 3.63) is 72.1 Å². The fourth-order valence-electron chi connectivity index (χ4n) is 2.52. The molecule has 0 unspecified atom stereocenters. The van der Waals surface area contributed by atoms with Crippen molar-refractivity contribution in [2.24, 2.45) is 7.05 Å². The Morgan fingerprint density at radius 1 is 1.14 bits per heavy atom. The summed E-state index contributed by atoms with van der Waals surface area (Å²) < 4.78 is 40.3. The molecule has 2 heterocycles. The molecule has 0 aliphatic carbocycles. The minimum atomic E-state index is -2.78. The third-order valence-corrected chi connectivity index (χ3v) is 3.74. The monoisotopic (exact) mass is 294 g/mol. The SMILES string of the molecule is [2H]C([2H])([2H])C([2H])([2H])c1cccc(-c2cc[n+](C)c(-c3ccccc3C)c2)n1. The Kier molecular flexibility index (Phi) is 2.64. The van der Waals surface area contributed by atoms with Gasteiger partial charge in [0.1, 0.15) is 7.05 Å². The lowest BCUT2D eigenvalue weighted by Gasteiger charge is -2.07.